The Labute approximate surface area is 91.3 Å². The second-order valence-corrected chi connectivity index (χ2v) is 4.00. The predicted octanol–water partition coefficient (Wildman–Crippen LogP) is 1.76. The molecule has 0 bridgehead atoms. The molecule has 1 atom stereocenters. The topological polar surface area (TPSA) is 77.0 Å². The second kappa shape index (κ2) is 4.41. The third-order valence-corrected chi connectivity index (χ3v) is 2.59. The van der Waals surface area contributed by atoms with Crippen molar-refractivity contribution in [2.75, 3.05) is 5.32 Å². The van der Waals surface area contributed by atoms with Crippen molar-refractivity contribution in [1.82, 2.24) is 10.2 Å². The largest absolute Gasteiger partial charge is 0.406 e. The summed E-state index contributed by atoms with van der Waals surface area (Å²) in [4.78, 5) is 0. The van der Waals surface area contributed by atoms with Crippen LogP contribution in [0.5, 0.6) is 0 Å². The summed E-state index contributed by atoms with van der Waals surface area (Å²) in [5.41, 5.74) is 6.79. The van der Waals surface area contributed by atoms with Crippen LogP contribution in [0.15, 0.2) is 21.2 Å². The molecule has 3 N–H and O–H groups in total. The lowest BCUT2D eigenvalue weighted by Gasteiger charge is -1.98. The van der Waals surface area contributed by atoms with Gasteiger partial charge >= 0.3 is 6.01 Å². The average Bonchev–Trinajstić information content (AvgIpc) is 2.86. The van der Waals surface area contributed by atoms with Crippen molar-refractivity contribution < 1.29 is 4.42 Å². The third kappa shape index (κ3) is 2.54. The fraction of sp³-hybridized carbons (Fsp3) is 0.333. The Morgan fingerprint density at radius 3 is 3.07 bits per heavy atom. The van der Waals surface area contributed by atoms with Crippen LogP contribution in [0.4, 0.5) is 6.01 Å². The fourth-order valence-electron chi connectivity index (χ4n) is 1.06. The van der Waals surface area contributed by atoms with E-state index < -0.39 is 0 Å². The van der Waals surface area contributed by atoms with Crippen LogP contribution in [0.25, 0.3) is 0 Å². The van der Waals surface area contributed by atoms with Gasteiger partial charge in [-0.25, -0.2) is 0 Å². The monoisotopic (exact) mass is 224 g/mol. The third-order valence-electron chi connectivity index (χ3n) is 1.85. The summed E-state index contributed by atoms with van der Waals surface area (Å²) in [6.07, 6.45) is 0. The zero-order valence-corrected chi connectivity index (χ0v) is 9.12. The second-order valence-electron chi connectivity index (χ2n) is 3.22. The van der Waals surface area contributed by atoms with E-state index in [0.717, 1.165) is 0 Å². The first-order chi connectivity index (χ1) is 7.25. The van der Waals surface area contributed by atoms with Crippen molar-refractivity contribution in [2.24, 2.45) is 5.73 Å². The van der Waals surface area contributed by atoms with Gasteiger partial charge in [-0.05, 0) is 29.3 Å². The summed E-state index contributed by atoms with van der Waals surface area (Å²) in [5, 5.41) is 14.8. The predicted molar refractivity (Wildman–Crippen MR) is 58.5 cm³/mol. The highest BCUT2D eigenvalue weighted by molar-refractivity contribution is 7.07. The first kappa shape index (κ1) is 10.1. The summed E-state index contributed by atoms with van der Waals surface area (Å²) in [6.45, 7) is 2.49. The highest BCUT2D eigenvalue weighted by Gasteiger charge is 2.08. The van der Waals surface area contributed by atoms with Crippen LogP contribution in [0.1, 0.15) is 24.4 Å². The van der Waals surface area contributed by atoms with Crippen molar-refractivity contribution in [3.8, 4) is 0 Å². The molecule has 0 fully saturated rings. The number of rotatable bonds is 4. The maximum Gasteiger partial charge on any atom is 0.315 e. The molecule has 1 unspecified atom stereocenters. The van der Waals surface area contributed by atoms with Gasteiger partial charge in [-0.15, -0.1) is 5.10 Å². The first-order valence-corrected chi connectivity index (χ1v) is 5.54. The van der Waals surface area contributed by atoms with Crippen LogP contribution in [0.3, 0.4) is 0 Å². The van der Waals surface area contributed by atoms with Crippen LogP contribution >= 0.6 is 11.3 Å². The van der Waals surface area contributed by atoms with Crippen LogP contribution in [-0.4, -0.2) is 10.2 Å². The first-order valence-electron chi connectivity index (χ1n) is 4.59. The maximum atomic E-state index is 5.60. The molecule has 0 saturated carbocycles. The highest BCUT2D eigenvalue weighted by Crippen LogP contribution is 2.13. The number of aromatic nitrogens is 2. The Morgan fingerprint density at radius 2 is 2.47 bits per heavy atom. The molecule has 80 valence electrons. The molecule has 0 aliphatic heterocycles. The molecule has 0 amide bonds. The standard InChI is InChI=1S/C9H12N4OS/c1-6(10)8-12-13-9(14-8)11-4-7-2-3-15-5-7/h2-3,5-6H,4,10H2,1H3,(H,11,13). The smallest absolute Gasteiger partial charge is 0.315 e. The van der Waals surface area contributed by atoms with Crippen LogP contribution < -0.4 is 11.1 Å². The SMILES string of the molecule is CC(N)c1nnc(NCc2ccsc2)o1. The van der Waals surface area contributed by atoms with Crippen molar-refractivity contribution in [3.63, 3.8) is 0 Å². The van der Waals surface area contributed by atoms with Crippen molar-refractivity contribution in [3.05, 3.63) is 28.3 Å². The highest BCUT2D eigenvalue weighted by atomic mass is 32.1. The van der Waals surface area contributed by atoms with Gasteiger partial charge in [0.15, 0.2) is 0 Å². The Bertz CT molecular complexity index is 409. The number of hydrogen-bond donors (Lipinski definition) is 2. The lowest BCUT2D eigenvalue weighted by Crippen LogP contribution is -2.04. The van der Waals surface area contributed by atoms with Gasteiger partial charge in [0.2, 0.25) is 5.89 Å². The molecule has 15 heavy (non-hydrogen) atoms. The molecule has 2 aromatic heterocycles. The molecule has 0 aliphatic carbocycles. The molecule has 2 heterocycles. The van der Waals surface area contributed by atoms with Gasteiger partial charge in [0.25, 0.3) is 0 Å². The van der Waals surface area contributed by atoms with Gasteiger partial charge < -0.3 is 15.5 Å². The molecule has 0 aliphatic rings. The molecular formula is C9H12N4OS. The van der Waals surface area contributed by atoms with Crippen LogP contribution in [0.2, 0.25) is 0 Å². The van der Waals surface area contributed by atoms with Crippen LogP contribution in [0, 0.1) is 0 Å². The van der Waals surface area contributed by atoms with Gasteiger partial charge in [0.05, 0.1) is 6.04 Å². The van der Waals surface area contributed by atoms with Gasteiger partial charge in [-0.3, -0.25) is 0 Å². The minimum atomic E-state index is -0.228. The number of nitrogens with zero attached hydrogens (tertiary/aromatic N) is 2. The quantitative estimate of drug-likeness (QED) is 0.827. The van der Waals surface area contributed by atoms with E-state index in [0.29, 0.717) is 18.5 Å². The Balaban J connectivity index is 1.94. The normalized spacial score (nSPS) is 12.7. The minimum absolute atomic E-state index is 0.228. The number of nitrogens with two attached hydrogens (primary N) is 1. The molecule has 5 nitrogen and oxygen atoms in total. The van der Waals surface area contributed by atoms with Gasteiger partial charge in [0, 0.05) is 6.54 Å². The van der Waals surface area contributed by atoms with Crippen molar-refractivity contribution in [1.29, 1.82) is 0 Å². The lowest BCUT2D eigenvalue weighted by molar-refractivity contribution is 0.472. The average molecular weight is 224 g/mol. The van der Waals surface area contributed by atoms with Gasteiger partial charge in [0.1, 0.15) is 0 Å². The lowest BCUT2D eigenvalue weighted by atomic mass is 10.3. The molecule has 0 saturated heterocycles. The number of thiophene rings is 1. The molecule has 0 aromatic carbocycles. The Hall–Kier alpha value is -1.40. The maximum absolute atomic E-state index is 5.60. The van der Waals surface area contributed by atoms with E-state index >= 15 is 0 Å². The number of hydrogen-bond acceptors (Lipinski definition) is 6. The van der Waals surface area contributed by atoms with E-state index in [1.165, 1.54) is 5.56 Å². The summed E-state index contributed by atoms with van der Waals surface area (Å²) < 4.78 is 5.29. The zero-order chi connectivity index (χ0) is 10.7. The fourth-order valence-corrected chi connectivity index (χ4v) is 1.73. The summed E-state index contributed by atoms with van der Waals surface area (Å²) in [6, 6.07) is 2.23. The summed E-state index contributed by atoms with van der Waals surface area (Å²) in [7, 11) is 0. The van der Waals surface area contributed by atoms with Gasteiger partial charge in [-0.2, -0.15) is 11.3 Å². The number of nitrogens with one attached hydrogen (secondary N) is 1. The van der Waals surface area contributed by atoms with E-state index in [4.69, 9.17) is 10.2 Å². The molecule has 2 rings (SSSR count). The Morgan fingerprint density at radius 1 is 1.60 bits per heavy atom. The summed E-state index contributed by atoms with van der Waals surface area (Å²) >= 11 is 1.66. The minimum Gasteiger partial charge on any atom is -0.406 e. The Kier molecular flexibility index (Phi) is 2.98. The number of anilines is 1. The van der Waals surface area contributed by atoms with E-state index in [2.05, 4.69) is 20.9 Å². The molecule has 0 spiro atoms. The van der Waals surface area contributed by atoms with Gasteiger partial charge in [-0.1, -0.05) is 5.10 Å². The molecule has 0 radical (unpaired) electrons. The van der Waals surface area contributed by atoms with E-state index in [-0.39, 0.29) is 6.04 Å². The van der Waals surface area contributed by atoms with Crippen molar-refractivity contribution in [2.45, 2.75) is 19.5 Å². The van der Waals surface area contributed by atoms with Crippen LogP contribution in [-0.2, 0) is 6.54 Å². The zero-order valence-electron chi connectivity index (χ0n) is 8.30. The van der Waals surface area contributed by atoms with E-state index in [9.17, 15) is 0 Å². The van der Waals surface area contributed by atoms with E-state index in [1.54, 1.807) is 18.3 Å². The molecule has 2 aromatic rings. The molecular weight excluding hydrogens is 212 g/mol. The summed E-state index contributed by atoms with van der Waals surface area (Å²) in [5.74, 6) is 0.447. The van der Waals surface area contributed by atoms with E-state index in [1.807, 2.05) is 11.4 Å². The van der Waals surface area contributed by atoms with Crippen molar-refractivity contribution >= 4 is 17.4 Å². The molecule has 6 heteroatoms.